The number of aromatic nitrogens is 4. The zero-order chi connectivity index (χ0) is 23.8. The number of carbonyl (C=O) groups excluding carboxylic acids is 1. The number of hydrogen-bond acceptors (Lipinski definition) is 8. The van der Waals surface area contributed by atoms with Crippen LogP contribution in [0.4, 0.5) is 11.6 Å². The molecule has 4 N–H and O–H groups in total. The Hall–Kier alpha value is -2.72. The number of nitrogens with zero attached hydrogens (tertiary/aromatic N) is 4. The summed E-state index contributed by atoms with van der Waals surface area (Å²) in [5, 5.41) is 11.4. The number of anilines is 2. The first-order chi connectivity index (χ1) is 15.9. The summed E-state index contributed by atoms with van der Waals surface area (Å²) >= 11 is 1.80. The first kappa shape index (κ1) is 24.9. The van der Waals surface area contributed by atoms with Crippen LogP contribution in [0.3, 0.4) is 0 Å². The van der Waals surface area contributed by atoms with Crippen LogP contribution in [0.15, 0.2) is 12.4 Å². The summed E-state index contributed by atoms with van der Waals surface area (Å²) in [6.07, 6.45) is 13.6. The molecule has 1 fully saturated rings. The molecule has 0 spiro atoms. The fourth-order valence-corrected chi connectivity index (χ4v) is 5.31. The van der Waals surface area contributed by atoms with Crippen molar-refractivity contribution in [3.63, 3.8) is 0 Å². The molecule has 3 aromatic heterocycles. The average molecular weight is 474 g/mol. The van der Waals surface area contributed by atoms with Crippen LogP contribution in [-0.2, 0) is 24.7 Å². The van der Waals surface area contributed by atoms with Gasteiger partial charge in [0, 0.05) is 25.0 Å². The number of hydrogen-bond donors (Lipinski definition) is 3. The van der Waals surface area contributed by atoms with Crippen LogP contribution in [0.5, 0.6) is 5.88 Å². The summed E-state index contributed by atoms with van der Waals surface area (Å²) < 4.78 is 8.19. The quantitative estimate of drug-likeness (QED) is 0.528. The van der Waals surface area contributed by atoms with Crippen molar-refractivity contribution in [3.05, 3.63) is 22.8 Å². The van der Waals surface area contributed by atoms with Crippen molar-refractivity contribution in [1.29, 1.82) is 0 Å². The van der Waals surface area contributed by atoms with Crippen LogP contribution in [0.25, 0.3) is 10.2 Å². The van der Waals surface area contributed by atoms with Gasteiger partial charge >= 0.3 is 0 Å². The average Bonchev–Trinajstić information content (AvgIpc) is 3.45. The zero-order valence-electron chi connectivity index (χ0n) is 20.0. The van der Waals surface area contributed by atoms with Crippen LogP contribution < -0.4 is 21.1 Å². The molecule has 1 amide bonds. The fourth-order valence-electron chi connectivity index (χ4n) is 4.06. The minimum Gasteiger partial charge on any atom is -0.474 e. The van der Waals surface area contributed by atoms with E-state index in [-0.39, 0.29) is 12.0 Å². The Bertz CT molecular complexity index is 1050. The van der Waals surface area contributed by atoms with Gasteiger partial charge in [0.25, 0.3) is 0 Å². The highest BCUT2D eigenvalue weighted by Crippen LogP contribution is 2.41. The minimum absolute atomic E-state index is 0.282. The number of ether oxygens (including phenoxy) is 1. The monoisotopic (exact) mass is 473 g/mol. The Morgan fingerprint density at radius 3 is 2.52 bits per heavy atom. The van der Waals surface area contributed by atoms with Crippen LogP contribution >= 0.6 is 11.3 Å². The van der Waals surface area contributed by atoms with Gasteiger partial charge in [-0.15, -0.1) is 11.3 Å². The first-order valence-electron chi connectivity index (χ1n) is 11.5. The van der Waals surface area contributed by atoms with E-state index in [4.69, 9.17) is 14.7 Å². The van der Waals surface area contributed by atoms with Gasteiger partial charge in [-0.2, -0.15) is 10.1 Å². The SMILES string of the molecule is CC(N)=O.CNC.Cn1cc(Nc2nc(OC3CCCCC3)c3c4c(sc3n2)CCC4)cn1. The molecule has 1 saturated carbocycles. The van der Waals surface area contributed by atoms with Gasteiger partial charge in [-0.25, -0.2) is 4.98 Å². The number of nitrogens with one attached hydrogen (secondary N) is 2. The van der Waals surface area contributed by atoms with E-state index in [0.717, 1.165) is 47.5 Å². The van der Waals surface area contributed by atoms with Crippen LogP contribution in [-0.4, -0.2) is 45.9 Å². The Morgan fingerprint density at radius 1 is 1.18 bits per heavy atom. The normalized spacial score (nSPS) is 15.2. The van der Waals surface area contributed by atoms with Gasteiger partial charge in [-0.1, -0.05) is 6.42 Å². The van der Waals surface area contributed by atoms with E-state index in [0.29, 0.717) is 5.95 Å². The van der Waals surface area contributed by atoms with Crippen molar-refractivity contribution in [3.8, 4) is 5.88 Å². The van der Waals surface area contributed by atoms with E-state index in [9.17, 15) is 4.79 Å². The van der Waals surface area contributed by atoms with Gasteiger partial charge in [-0.3, -0.25) is 9.48 Å². The third-order valence-corrected chi connectivity index (χ3v) is 6.51. The maximum atomic E-state index is 9.22. The Kier molecular flexibility index (Phi) is 9.02. The molecule has 0 unspecified atom stereocenters. The molecule has 5 rings (SSSR count). The lowest BCUT2D eigenvalue weighted by Gasteiger charge is -2.23. The highest BCUT2D eigenvalue weighted by atomic mass is 32.1. The highest BCUT2D eigenvalue weighted by molar-refractivity contribution is 7.19. The second-order valence-electron chi connectivity index (χ2n) is 8.41. The summed E-state index contributed by atoms with van der Waals surface area (Å²) in [4.78, 5) is 21.3. The first-order valence-corrected chi connectivity index (χ1v) is 12.3. The van der Waals surface area contributed by atoms with E-state index in [1.807, 2.05) is 27.3 Å². The molecule has 10 heteroatoms. The maximum Gasteiger partial charge on any atom is 0.232 e. The van der Waals surface area contributed by atoms with Crippen molar-refractivity contribution in [2.24, 2.45) is 12.8 Å². The van der Waals surface area contributed by atoms with Crippen LogP contribution in [0, 0.1) is 0 Å². The summed E-state index contributed by atoms with van der Waals surface area (Å²) in [6, 6.07) is 0. The molecule has 2 aliphatic rings. The third kappa shape index (κ3) is 6.88. The van der Waals surface area contributed by atoms with Crippen LogP contribution in [0.1, 0.15) is 55.9 Å². The second-order valence-corrected chi connectivity index (χ2v) is 9.49. The topological polar surface area (TPSA) is 120 Å². The molecule has 3 heterocycles. The molecule has 2 aliphatic carbocycles. The molecular formula is C23H35N7O2S. The molecule has 180 valence electrons. The zero-order valence-corrected chi connectivity index (χ0v) is 20.8. The van der Waals surface area contributed by atoms with Crippen molar-refractivity contribution in [2.75, 3.05) is 19.4 Å². The predicted molar refractivity (Wildman–Crippen MR) is 133 cm³/mol. The molecular weight excluding hydrogens is 438 g/mol. The summed E-state index contributed by atoms with van der Waals surface area (Å²) in [7, 11) is 5.65. The van der Waals surface area contributed by atoms with E-state index in [1.165, 1.54) is 43.0 Å². The highest BCUT2D eigenvalue weighted by Gasteiger charge is 2.25. The van der Waals surface area contributed by atoms with Gasteiger partial charge in [0.15, 0.2) is 0 Å². The van der Waals surface area contributed by atoms with Gasteiger partial charge in [0.05, 0.1) is 17.3 Å². The number of amides is 1. The largest absolute Gasteiger partial charge is 0.474 e. The van der Waals surface area contributed by atoms with Crippen LogP contribution in [0.2, 0.25) is 0 Å². The molecule has 0 radical (unpaired) electrons. The molecule has 33 heavy (non-hydrogen) atoms. The Balaban J connectivity index is 0.000000390. The number of carbonyl (C=O) groups is 1. The molecule has 0 aromatic carbocycles. The number of rotatable bonds is 4. The lowest BCUT2D eigenvalue weighted by molar-refractivity contribution is -0.115. The lowest BCUT2D eigenvalue weighted by Crippen LogP contribution is -2.20. The molecule has 3 aromatic rings. The van der Waals surface area contributed by atoms with Gasteiger partial charge in [0.2, 0.25) is 17.7 Å². The lowest BCUT2D eigenvalue weighted by atomic mass is 9.98. The standard InChI is InChI=1S/C19H23N5OS.C2H5NO.C2H7N/c1-24-11-12(10-20-24)21-19-22-17(25-13-6-3-2-4-7-13)16-14-8-5-9-15(14)26-18(16)23-19;1-2(3)4;1-3-2/h10-11,13H,2-9H2,1H3,(H,21,22,23);1H3,(H2,3,4);3H,1-2H3. The van der Waals surface area contributed by atoms with E-state index < -0.39 is 0 Å². The van der Waals surface area contributed by atoms with Gasteiger partial charge < -0.3 is 21.1 Å². The smallest absolute Gasteiger partial charge is 0.232 e. The summed E-state index contributed by atoms with van der Waals surface area (Å²) in [5.41, 5.74) is 6.78. The van der Waals surface area contributed by atoms with Crippen molar-refractivity contribution in [1.82, 2.24) is 25.1 Å². The molecule has 0 atom stereocenters. The predicted octanol–water partition coefficient (Wildman–Crippen LogP) is 3.70. The van der Waals surface area contributed by atoms with E-state index in [1.54, 1.807) is 22.2 Å². The number of primary amides is 1. The maximum absolute atomic E-state index is 9.22. The van der Waals surface area contributed by atoms with Crippen molar-refractivity contribution < 1.29 is 9.53 Å². The molecule has 0 saturated heterocycles. The van der Waals surface area contributed by atoms with E-state index in [2.05, 4.69) is 21.5 Å². The summed E-state index contributed by atoms with van der Waals surface area (Å²) in [6.45, 7) is 1.31. The fraction of sp³-hybridized carbons (Fsp3) is 0.565. The van der Waals surface area contributed by atoms with Crippen molar-refractivity contribution in [2.45, 2.75) is 64.4 Å². The van der Waals surface area contributed by atoms with Gasteiger partial charge in [-0.05, 0) is 64.6 Å². The number of aryl methyl sites for hydroxylation is 3. The van der Waals surface area contributed by atoms with Crippen molar-refractivity contribution >= 4 is 39.1 Å². The second kappa shape index (κ2) is 11.9. The Labute approximate surface area is 199 Å². The van der Waals surface area contributed by atoms with Gasteiger partial charge in [0.1, 0.15) is 10.9 Å². The number of thiophene rings is 1. The Morgan fingerprint density at radius 2 is 1.88 bits per heavy atom. The number of nitrogens with two attached hydrogens (primary N) is 1. The minimum atomic E-state index is -0.333. The third-order valence-electron chi connectivity index (χ3n) is 5.32. The summed E-state index contributed by atoms with van der Waals surface area (Å²) in [5.74, 6) is 1.03. The molecule has 0 bridgehead atoms. The molecule has 9 nitrogen and oxygen atoms in total. The molecule has 0 aliphatic heterocycles. The van der Waals surface area contributed by atoms with E-state index >= 15 is 0 Å². The number of fused-ring (bicyclic) bond motifs is 3.